The Labute approximate surface area is 144 Å². The first-order valence-corrected chi connectivity index (χ1v) is 8.40. The Balaban J connectivity index is 1.83. The van der Waals surface area contributed by atoms with Crippen LogP contribution in [0, 0.1) is 0 Å². The second-order valence-corrected chi connectivity index (χ2v) is 5.55. The van der Waals surface area contributed by atoms with Crippen molar-refractivity contribution in [3.63, 3.8) is 0 Å². The molecule has 0 spiro atoms. The predicted molar refractivity (Wildman–Crippen MR) is 100 cm³/mol. The molecule has 0 radical (unpaired) electrons. The van der Waals surface area contributed by atoms with Gasteiger partial charge in [-0.1, -0.05) is 54.6 Å². The third-order valence-electron chi connectivity index (χ3n) is 3.59. The molecule has 0 saturated heterocycles. The van der Waals surface area contributed by atoms with Gasteiger partial charge in [-0.3, -0.25) is 4.98 Å². The Morgan fingerprint density at radius 3 is 2.42 bits per heavy atom. The molecule has 3 heteroatoms. The summed E-state index contributed by atoms with van der Waals surface area (Å²) in [5.74, 6) is 0. The third-order valence-corrected chi connectivity index (χ3v) is 3.59. The maximum Gasteiger partial charge on any atom is 0.0725 e. The van der Waals surface area contributed by atoms with Gasteiger partial charge in [-0.25, -0.2) is 0 Å². The summed E-state index contributed by atoms with van der Waals surface area (Å²) in [5, 5.41) is 9.92. The molecule has 3 nitrogen and oxygen atoms in total. The van der Waals surface area contributed by atoms with E-state index in [9.17, 15) is 5.11 Å². The standard InChI is InChI=1S/C21H25NO2/c1-2-24-16-4-6-21(23)14-13-19-9-7-18(8-10-19)11-12-20-5-3-15-22-17-20/h3,5,7-15,17,21,23H,2,4,6,16H2,1H3/b12-11+,14-13+. The largest absolute Gasteiger partial charge is 0.389 e. The van der Waals surface area contributed by atoms with Crippen LogP contribution in [0.25, 0.3) is 18.2 Å². The van der Waals surface area contributed by atoms with Crippen molar-refractivity contribution in [1.29, 1.82) is 0 Å². The number of aromatic nitrogens is 1. The van der Waals surface area contributed by atoms with E-state index in [0.29, 0.717) is 6.61 Å². The van der Waals surface area contributed by atoms with Gasteiger partial charge in [0.15, 0.2) is 0 Å². The molecule has 0 bridgehead atoms. The van der Waals surface area contributed by atoms with Crippen LogP contribution in [0.3, 0.4) is 0 Å². The van der Waals surface area contributed by atoms with Gasteiger partial charge < -0.3 is 9.84 Å². The van der Waals surface area contributed by atoms with E-state index in [4.69, 9.17) is 4.74 Å². The van der Waals surface area contributed by atoms with Crippen molar-refractivity contribution < 1.29 is 9.84 Å². The number of pyridine rings is 1. The van der Waals surface area contributed by atoms with Gasteiger partial charge >= 0.3 is 0 Å². The van der Waals surface area contributed by atoms with Gasteiger partial charge in [0, 0.05) is 25.6 Å². The molecule has 0 aliphatic heterocycles. The first-order chi connectivity index (χ1) is 11.8. The Kier molecular flexibility index (Phi) is 7.94. The van der Waals surface area contributed by atoms with Gasteiger partial charge in [0.2, 0.25) is 0 Å². The van der Waals surface area contributed by atoms with Crippen LogP contribution in [0.15, 0.2) is 54.9 Å². The fourth-order valence-corrected chi connectivity index (χ4v) is 2.24. The molecular weight excluding hydrogens is 298 g/mol. The normalized spacial score (nSPS) is 12.9. The van der Waals surface area contributed by atoms with Crippen molar-refractivity contribution in [3.05, 3.63) is 71.6 Å². The average Bonchev–Trinajstić information content (AvgIpc) is 2.63. The van der Waals surface area contributed by atoms with E-state index in [2.05, 4.69) is 23.2 Å². The van der Waals surface area contributed by atoms with Crippen molar-refractivity contribution in [2.24, 2.45) is 0 Å². The lowest BCUT2D eigenvalue weighted by molar-refractivity contribution is 0.128. The molecule has 2 rings (SSSR count). The lowest BCUT2D eigenvalue weighted by Gasteiger charge is -2.05. The molecule has 24 heavy (non-hydrogen) atoms. The van der Waals surface area contributed by atoms with Crippen molar-refractivity contribution in [2.75, 3.05) is 13.2 Å². The SMILES string of the molecule is CCOCCCC(O)/C=C/c1ccc(/C=C/c2cccnc2)cc1. The van der Waals surface area contributed by atoms with Crippen LogP contribution in [0.2, 0.25) is 0 Å². The maximum absolute atomic E-state index is 9.92. The van der Waals surface area contributed by atoms with E-state index in [1.54, 1.807) is 6.20 Å². The quantitative estimate of drug-likeness (QED) is 0.694. The first-order valence-electron chi connectivity index (χ1n) is 8.40. The van der Waals surface area contributed by atoms with Gasteiger partial charge in [0.05, 0.1) is 6.10 Å². The number of rotatable bonds is 9. The minimum atomic E-state index is -0.421. The lowest BCUT2D eigenvalue weighted by atomic mass is 10.1. The lowest BCUT2D eigenvalue weighted by Crippen LogP contribution is -2.04. The summed E-state index contributed by atoms with van der Waals surface area (Å²) in [7, 11) is 0. The molecule has 126 valence electrons. The van der Waals surface area contributed by atoms with Crippen LogP contribution in [0.5, 0.6) is 0 Å². The number of benzene rings is 1. The molecule has 1 N–H and O–H groups in total. The van der Waals surface area contributed by atoms with E-state index in [-0.39, 0.29) is 0 Å². The van der Waals surface area contributed by atoms with E-state index in [1.807, 2.05) is 55.6 Å². The summed E-state index contributed by atoms with van der Waals surface area (Å²) < 4.78 is 5.27. The van der Waals surface area contributed by atoms with E-state index in [1.165, 1.54) is 0 Å². The minimum Gasteiger partial charge on any atom is -0.389 e. The fraction of sp³-hybridized carbons (Fsp3) is 0.286. The highest BCUT2D eigenvalue weighted by Crippen LogP contribution is 2.11. The number of aliphatic hydroxyl groups excluding tert-OH is 1. The summed E-state index contributed by atoms with van der Waals surface area (Å²) in [6.45, 7) is 3.42. The second-order valence-electron chi connectivity index (χ2n) is 5.55. The number of nitrogens with zero attached hydrogens (tertiary/aromatic N) is 1. The van der Waals surface area contributed by atoms with Crippen LogP contribution in [-0.2, 0) is 4.74 Å². The Morgan fingerprint density at radius 2 is 1.75 bits per heavy atom. The molecule has 1 aromatic carbocycles. The van der Waals surface area contributed by atoms with E-state index >= 15 is 0 Å². The molecule has 1 heterocycles. The maximum atomic E-state index is 9.92. The van der Waals surface area contributed by atoms with Gasteiger partial charge in [-0.15, -0.1) is 0 Å². The summed E-state index contributed by atoms with van der Waals surface area (Å²) in [6, 6.07) is 12.2. The van der Waals surface area contributed by atoms with Crippen LogP contribution >= 0.6 is 0 Å². The Hall–Kier alpha value is -2.23. The topological polar surface area (TPSA) is 42.4 Å². The molecule has 1 aromatic heterocycles. The van der Waals surface area contributed by atoms with E-state index < -0.39 is 6.10 Å². The molecule has 0 amide bonds. The predicted octanol–water partition coefficient (Wildman–Crippen LogP) is 4.44. The van der Waals surface area contributed by atoms with Crippen molar-refractivity contribution in [3.8, 4) is 0 Å². The molecule has 1 atom stereocenters. The zero-order valence-corrected chi connectivity index (χ0v) is 14.1. The molecule has 0 fully saturated rings. The number of aliphatic hydroxyl groups is 1. The Morgan fingerprint density at radius 1 is 1.04 bits per heavy atom. The van der Waals surface area contributed by atoms with Crippen LogP contribution in [0.4, 0.5) is 0 Å². The highest BCUT2D eigenvalue weighted by molar-refractivity contribution is 5.69. The van der Waals surface area contributed by atoms with Crippen molar-refractivity contribution in [2.45, 2.75) is 25.9 Å². The van der Waals surface area contributed by atoms with Gasteiger partial charge in [-0.2, -0.15) is 0 Å². The fourth-order valence-electron chi connectivity index (χ4n) is 2.24. The smallest absolute Gasteiger partial charge is 0.0725 e. The van der Waals surface area contributed by atoms with Crippen molar-refractivity contribution >= 4 is 18.2 Å². The van der Waals surface area contributed by atoms with Gasteiger partial charge in [-0.05, 0) is 42.5 Å². The zero-order chi connectivity index (χ0) is 17.0. The number of ether oxygens (including phenoxy) is 1. The third kappa shape index (κ3) is 6.90. The second kappa shape index (κ2) is 10.5. The Bertz CT molecular complexity index is 633. The first kappa shape index (κ1) is 18.1. The van der Waals surface area contributed by atoms with Crippen molar-refractivity contribution in [1.82, 2.24) is 4.98 Å². The molecule has 2 aromatic rings. The van der Waals surface area contributed by atoms with Gasteiger partial charge in [0.25, 0.3) is 0 Å². The number of hydrogen-bond acceptors (Lipinski definition) is 3. The summed E-state index contributed by atoms with van der Waals surface area (Å²) in [4.78, 5) is 4.09. The summed E-state index contributed by atoms with van der Waals surface area (Å²) >= 11 is 0. The highest BCUT2D eigenvalue weighted by Gasteiger charge is 1.98. The number of hydrogen-bond donors (Lipinski definition) is 1. The molecule has 0 saturated carbocycles. The molecule has 0 aliphatic carbocycles. The summed E-state index contributed by atoms with van der Waals surface area (Å²) in [5.41, 5.74) is 3.29. The average molecular weight is 323 g/mol. The highest BCUT2D eigenvalue weighted by atomic mass is 16.5. The van der Waals surface area contributed by atoms with Crippen LogP contribution in [0.1, 0.15) is 36.5 Å². The van der Waals surface area contributed by atoms with Gasteiger partial charge in [0.1, 0.15) is 0 Å². The minimum absolute atomic E-state index is 0.421. The van der Waals surface area contributed by atoms with Crippen LogP contribution in [-0.4, -0.2) is 29.4 Å². The molecular formula is C21H25NO2. The van der Waals surface area contributed by atoms with Crippen LogP contribution < -0.4 is 0 Å². The summed E-state index contributed by atoms with van der Waals surface area (Å²) in [6.07, 6.45) is 12.7. The van der Waals surface area contributed by atoms with E-state index in [0.717, 1.165) is 36.1 Å². The monoisotopic (exact) mass is 323 g/mol. The molecule has 1 unspecified atom stereocenters. The zero-order valence-electron chi connectivity index (χ0n) is 14.1. The molecule has 0 aliphatic rings.